The molecule has 3 aromatic carbocycles. The molecule has 1 aliphatic carbocycles. The second-order valence-electron chi connectivity index (χ2n) is 9.26. The Hall–Kier alpha value is -4.38. The molecular weight excluding hydrogens is 448 g/mol. The van der Waals surface area contributed by atoms with Crippen LogP contribution < -0.4 is 5.32 Å². The first-order valence-corrected chi connectivity index (χ1v) is 12.1. The van der Waals surface area contributed by atoms with Crippen molar-refractivity contribution in [3.63, 3.8) is 0 Å². The molecule has 1 aromatic heterocycles. The normalized spacial score (nSPS) is 12.9. The smallest absolute Gasteiger partial charge is 0.251 e. The number of aryl methyl sites for hydroxylation is 2. The fourth-order valence-corrected chi connectivity index (χ4v) is 4.71. The van der Waals surface area contributed by atoms with Crippen molar-refractivity contribution >= 4 is 17.7 Å². The molecule has 0 atom stereocenters. The van der Waals surface area contributed by atoms with Crippen LogP contribution in [0, 0.1) is 13.8 Å². The number of carbonyl (C=O) groups excluding carboxylic acids is 1. The Morgan fingerprint density at radius 2 is 1.67 bits per heavy atom. The summed E-state index contributed by atoms with van der Waals surface area (Å²) < 4.78 is 0. The van der Waals surface area contributed by atoms with Gasteiger partial charge in [-0.2, -0.15) is 0 Å². The van der Waals surface area contributed by atoms with Gasteiger partial charge in [-0.25, -0.2) is 0 Å². The molecule has 0 saturated carbocycles. The maximum Gasteiger partial charge on any atom is 0.251 e. The number of rotatable bonds is 4. The molecule has 1 aliphatic rings. The van der Waals surface area contributed by atoms with E-state index in [1.54, 1.807) is 25.3 Å². The molecule has 180 valence electrons. The average molecular weight is 477 g/mol. The topological polar surface area (TPSA) is 82.5 Å². The molecule has 0 bridgehead atoms. The Bertz CT molecular complexity index is 1490. The first kappa shape index (κ1) is 23.4. The summed E-state index contributed by atoms with van der Waals surface area (Å²) in [5, 5.41) is 23.8. The van der Waals surface area contributed by atoms with Crippen LogP contribution >= 0.6 is 0 Å². The number of amides is 1. The minimum Gasteiger partial charge on any atom is -0.507 e. The summed E-state index contributed by atoms with van der Waals surface area (Å²) in [5.41, 5.74) is 8.38. The lowest BCUT2D eigenvalue weighted by Gasteiger charge is -2.15. The zero-order chi connectivity index (χ0) is 25.2. The van der Waals surface area contributed by atoms with Gasteiger partial charge >= 0.3 is 0 Å². The first-order valence-electron chi connectivity index (χ1n) is 12.1. The van der Waals surface area contributed by atoms with Gasteiger partial charge in [-0.1, -0.05) is 42.0 Å². The summed E-state index contributed by atoms with van der Waals surface area (Å²) in [7, 11) is 0. The van der Waals surface area contributed by atoms with Gasteiger partial charge in [0.2, 0.25) is 0 Å². The van der Waals surface area contributed by atoms with E-state index in [0.717, 1.165) is 29.5 Å². The number of benzene rings is 3. The number of hydrogen-bond acceptors (Lipinski definition) is 4. The third-order valence-electron chi connectivity index (χ3n) is 6.76. The summed E-state index contributed by atoms with van der Waals surface area (Å²) >= 11 is 0. The fourth-order valence-electron chi connectivity index (χ4n) is 4.71. The molecule has 4 aromatic rings. The van der Waals surface area contributed by atoms with Gasteiger partial charge < -0.3 is 15.5 Å². The van der Waals surface area contributed by atoms with Crippen molar-refractivity contribution < 1.29 is 15.0 Å². The van der Waals surface area contributed by atoms with Gasteiger partial charge in [0.05, 0.1) is 5.56 Å². The van der Waals surface area contributed by atoms with Gasteiger partial charge in [-0.3, -0.25) is 9.78 Å². The van der Waals surface area contributed by atoms with Gasteiger partial charge in [-0.05, 0) is 97.3 Å². The number of phenolic OH excluding ortho intramolecular Hbond substituents is 1. The van der Waals surface area contributed by atoms with E-state index in [1.807, 2.05) is 6.08 Å². The summed E-state index contributed by atoms with van der Waals surface area (Å²) in [6, 6.07) is 21.3. The van der Waals surface area contributed by atoms with Crippen LogP contribution in [0.1, 0.15) is 35.1 Å². The number of pyridine rings is 1. The Morgan fingerprint density at radius 1 is 0.889 bits per heavy atom. The number of nitrogens with one attached hydrogen (secondary N) is 1. The van der Waals surface area contributed by atoms with Crippen molar-refractivity contribution in [2.24, 2.45) is 0 Å². The Labute approximate surface area is 210 Å². The number of fused-ring (bicyclic) bond motifs is 1. The summed E-state index contributed by atoms with van der Waals surface area (Å²) in [5.74, 6) is -0.217. The number of aromatic hydroxyl groups is 2. The Morgan fingerprint density at radius 3 is 2.44 bits per heavy atom. The molecule has 0 saturated heterocycles. The first-order chi connectivity index (χ1) is 17.4. The van der Waals surface area contributed by atoms with E-state index in [4.69, 9.17) is 0 Å². The van der Waals surface area contributed by atoms with Gasteiger partial charge in [0.25, 0.3) is 5.91 Å². The number of anilines is 1. The average Bonchev–Trinajstić information content (AvgIpc) is 3.09. The molecule has 3 N–H and O–H groups in total. The van der Waals surface area contributed by atoms with Crippen molar-refractivity contribution in [3.05, 3.63) is 101 Å². The minimum absolute atomic E-state index is 0.00857. The van der Waals surface area contributed by atoms with Crippen LogP contribution in [-0.4, -0.2) is 21.1 Å². The molecule has 5 heteroatoms. The predicted octanol–water partition coefficient (Wildman–Crippen LogP) is 6.80. The van der Waals surface area contributed by atoms with Crippen molar-refractivity contribution in [1.29, 1.82) is 0 Å². The maximum absolute atomic E-state index is 13.4. The second kappa shape index (κ2) is 9.70. The molecule has 36 heavy (non-hydrogen) atoms. The number of phenols is 1. The van der Waals surface area contributed by atoms with Crippen LogP contribution in [-0.2, 0) is 11.2 Å². The molecule has 1 heterocycles. The molecule has 0 fully saturated rings. The molecule has 0 aliphatic heterocycles. The van der Waals surface area contributed by atoms with Crippen LogP contribution in [0.4, 0.5) is 5.69 Å². The Balaban J connectivity index is 1.46. The van der Waals surface area contributed by atoms with Gasteiger partial charge in [0, 0.05) is 17.5 Å². The lowest BCUT2D eigenvalue weighted by atomic mass is 9.97. The summed E-state index contributed by atoms with van der Waals surface area (Å²) in [4.78, 5) is 17.6. The molecule has 0 radical (unpaired) electrons. The summed E-state index contributed by atoms with van der Waals surface area (Å²) in [6.07, 6.45) is 6.02. The van der Waals surface area contributed by atoms with Crippen LogP contribution in [0.2, 0.25) is 0 Å². The van der Waals surface area contributed by atoms with Crippen molar-refractivity contribution in [1.82, 2.24) is 4.98 Å². The zero-order valence-corrected chi connectivity index (χ0v) is 20.4. The third kappa shape index (κ3) is 4.60. The van der Waals surface area contributed by atoms with Crippen LogP contribution in [0.5, 0.6) is 11.5 Å². The maximum atomic E-state index is 13.4. The highest BCUT2D eigenvalue weighted by molar-refractivity contribution is 6.08. The van der Waals surface area contributed by atoms with Crippen molar-refractivity contribution in [2.75, 3.05) is 5.32 Å². The molecule has 5 rings (SSSR count). The monoisotopic (exact) mass is 476 g/mol. The highest BCUT2D eigenvalue weighted by Crippen LogP contribution is 2.39. The lowest BCUT2D eigenvalue weighted by Crippen LogP contribution is -2.15. The number of carbonyl (C=O) groups is 1. The van der Waals surface area contributed by atoms with Crippen LogP contribution in [0.15, 0.2) is 78.5 Å². The third-order valence-corrected chi connectivity index (χ3v) is 6.76. The quantitative estimate of drug-likeness (QED) is 0.283. The van der Waals surface area contributed by atoms with E-state index >= 15 is 0 Å². The number of hydrogen-bond donors (Lipinski definition) is 3. The van der Waals surface area contributed by atoms with E-state index in [0.29, 0.717) is 28.8 Å². The molecular formula is C31H28N2O3. The Kier molecular flexibility index (Phi) is 6.30. The van der Waals surface area contributed by atoms with Crippen molar-refractivity contribution in [2.45, 2.75) is 33.1 Å². The van der Waals surface area contributed by atoms with E-state index in [1.165, 1.54) is 23.3 Å². The largest absolute Gasteiger partial charge is 0.507 e. The standard InChI is InChI=1S/C31H28N2O3/c1-19-8-10-22(11-9-19)23-13-12-21-5-3-6-24(18-25(21)17-23)31(36)33-26-14-15-27(34)29(20(26)2)30-28(35)7-4-16-32-30/h4,7-18,34-35H,3,5-6H2,1-2H3,(H,33,36). The fraction of sp³-hybridized carbons (Fsp3) is 0.161. The number of aromatic nitrogens is 1. The van der Waals surface area contributed by atoms with E-state index in [2.05, 4.69) is 59.7 Å². The van der Waals surface area contributed by atoms with Crippen LogP contribution in [0.3, 0.4) is 0 Å². The van der Waals surface area contributed by atoms with E-state index < -0.39 is 0 Å². The van der Waals surface area contributed by atoms with Gasteiger partial charge in [0.1, 0.15) is 17.2 Å². The SMILES string of the molecule is Cc1ccc(-c2ccc3c(c2)C=C(C(=O)Nc2ccc(O)c(-c4ncccc4O)c2C)CCC3)cc1. The molecule has 1 amide bonds. The number of nitrogens with zero attached hydrogens (tertiary/aromatic N) is 1. The van der Waals surface area contributed by atoms with E-state index in [-0.39, 0.29) is 23.1 Å². The minimum atomic E-state index is -0.173. The van der Waals surface area contributed by atoms with Gasteiger partial charge in [0.15, 0.2) is 0 Å². The van der Waals surface area contributed by atoms with Crippen molar-refractivity contribution in [3.8, 4) is 33.9 Å². The molecule has 0 spiro atoms. The van der Waals surface area contributed by atoms with E-state index in [9.17, 15) is 15.0 Å². The zero-order valence-electron chi connectivity index (χ0n) is 20.4. The second-order valence-corrected chi connectivity index (χ2v) is 9.26. The highest BCUT2D eigenvalue weighted by Gasteiger charge is 2.20. The van der Waals surface area contributed by atoms with Gasteiger partial charge in [-0.15, -0.1) is 0 Å². The lowest BCUT2D eigenvalue weighted by molar-refractivity contribution is -0.112. The summed E-state index contributed by atoms with van der Waals surface area (Å²) in [6.45, 7) is 3.87. The van der Waals surface area contributed by atoms with Crippen LogP contribution in [0.25, 0.3) is 28.5 Å². The highest BCUT2D eigenvalue weighted by atomic mass is 16.3. The predicted molar refractivity (Wildman–Crippen MR) is 144 cm³/mol. The molecule has 0 unspecified atom stereocenters. The molecule has 5 nitrogen and oxygen atoms in total.